The topological polar surface area (TPSA) is 44.5 Å². The van der Waals surface area contributed by atoms with Crippen molar-refractivity contribution in [1.29, 1.82) is 0 Å². The summed E-state index contributed by atoms with van der Waals surface area (Å²) in [6, 6.07) is 12.8. The third kappa shape index (κ3) is 3.00. The smallest absolute Gasteiger partial charge is 0.124 e. The predicted molar refractivity (Wildman–Crippen MR) is 77.0 cm³/mol. The number of benzene rings is 2. The van der Waals surface area contributed by atoms with Crippen molar-refractivity contribution >= 4 is 11.6 Å². The van der Waals surface area contributed by atoms with Crippen LogP contribution in [0.1, 0.15) is 17.2 Å². The van der Waals surface area contributed by atoms with Crippen molar-refractivity contribution in [2.24, 2.45) is 5.73 Å². The predicted octanol–water partition coefficient (Wildman–Crippen LogP) is 3.41. The second-order valence-corrected chi connectivity index (χ2v) is 4.58. The zero-order valence-electron chi connectivity index (χ0n) is 10.9. The molecule has 19 heavy (non-hydrogen) atoms. The quantitative estimate of drug-likeness (QED) is 0.931. The summed E-state index contributed by atoms with van der Waals surface area (Å²) in [7, 11) is 3.25. The Labute approximate surface area is 117 Å². The van der Waals surface area contributed by atoms with Gasteiger partial charge in [-0.1, -0.05) is 23.7 Å². The van der Waals surface area contributed by atoms with E-state index >= 15 is 0 Å². The van der Waals surface area contributed by atoms with Gasteiger partial charge in [0.1, 0.15) is 11.5 Å². The fraction of sp³-hybridized carbons (Fsp3) is 0.200. The summed E-state index contributed by atoms with van der Waals surface area (Å²) < 4.78 is 10.5. The number of halogens is 1. The van der Waals surface area contributed by atoms with E-state index in [4.69, 9.17) is 26.8 Å². The Balaban J connectivity index is 2.42. The number of hydrogen-bond donors (Lipinski definition) is 1. The molecular weight excluding hydrogens is 262 g/mol. The molecule has 0 saturated heterocycles. The second kappa shape index (κ2) is 5.95. The van der Waals surface area contributed by atoms with Gasteiger partial charge in [-0.3, -0.25) is 0 Å². The fourth-order valence-corrected chi connectivity index (χ4v) is 2.14. The van der Waals surface area contributed by atoms with E-state index in [0.29, 0.717) is 5.02 Å². The molecule has 0 aliphatic rings. The van der Waals surface area contributed by atoms with Crippen molar-refractivity contribution in [3.05, 3.63) is 58.6 Å². The summed E-state index contributed by atoms with van der Waals surface area (Å²) in [5, 5.41) is 0.633. The molecule has 0 aliphatic carbocycles. The SMILES string of the molecule is COc1cccc(C(N)c2cc(Cl)ccc2OC)c1. The molecule has 1 atom stereocenters. The number of nitrogens with two attached hydrogens (primary N) is 1. The summed E-state index contributed by atoms with van der Waals surface area (Å²) in [5.41, 5.74) is 8.09. The first-order valence-electron chi connectivity index (χ1n) is 5.88. The molecule has 2 aromatic rings. The van der Waals surface area contributed by atoms with E-state index in [0.717, 1.165) is 22.6 Å². The van der Waals surface area contributed by atoms with E-state index in [1.165, 1.54) is 0 Å². The maximum absolute atomic E-state index is 6.29. The van der Waals surface area contributed by atoms with Gasteiger partial charge < -0.3 is 15.2 Å². The Hall–Kier alpha value is -1.71. The molecule has 0 heterocycles. The molecule has 100 valence electrons. The Morgan fingerprint density at radius 3 is 2.53 bits per heavy atom. The first kappa shape index (κ1) is 13.7. The highest BCUT2D eigenvalue weighted by Gasteiger charge is 2.15. The van der Waals surface area contributed by atoms with Crippen LogP contribution in [0.4, 0.5) is 0 Å². The highest BCUT2D eigenvalue weighted by Crippen LogP contribution is 2.31. The van der Waals surface area contributed by atoms with Crippen LogP contribution in [-0.4, -0.2) is 14.2 Å². The summed E-state index contributed by atoms with van der Waals surface area (Å²) in [5.74, 6) is 1.49. The molecule has 2 rings (SSSR count). The van der Waals surface area contributed by atoms with Gasteiger partial charge in [-0.15, -0.1) is 0 Å². The van der Waals surface area contributed by atoms with Crippen LogP contribution in [0.5, 0.6) is 11.5 Å². The third-order valence-corrected chi connectivity index (χ3v) is 3.21. The minimum atomic E-state index is -0.316. The average molecular weight is 278 g/mol. The fourth-order valence-electron chi connectivity index (χ4n) is 1.96. The Bertz CT molecular complexity index is 572. The maximum atomic E-state index is 6.29. The van der Waals surface area contributed by atoms with Crippen LogP contribution in [-0.2, 0) is 0 Å². The monoisotopic (exact) mass is 277 g/mol. The van der Waals surface area contributed by atoms with Gasteiger partial charge in [0.2, 0.25) is 0 Å². The molecule has 0 fully saturated rings. The van der Waals surface area contributed by atoms with E-state index in [-0.39, 0.29) is 6.04 Å². The average Bonchev–Trinajstić information content (AvgIpc) is 2.46. The van der Waals surface area contributed by atoms with Crippen LogP contribution in [0.25, 0.3) is 0 Å². The van der Waals surface area contributed by atoms with E-state index in [2.05, 4.69) is 0 Å². The van der Waals surface area contributed by atoms with Gasteiger partial charge in [0.25, 0.3) is 0 Å². The maximum Gasteiger partial charge on any atom is 0.124 e. The molecule has 0 aromatic heterocycles. The lowest BCUT2D eigenvalue weighted by molar-refractivity contribution is 0.407. The molecule has 0 aliphatic heterocycles. The molecule has 0 saturated carbocycles. The van der Waals surface area contributed by atoms with Crippen molar-refractivity contribution in [3.63, 3.8) is 0 Å². The van der Waals surface area contributed by atoms with Gasteiger partial charge in [-0.05, 0) is 35.9 Å². The van der Waals surface area contributed by atoms with Gasteiger partial charge in [0, 0.05) is 10.6 Å². The molecule has 1 unspecified atom stereocenters. The first-order chi connectivity index (χ1) is 9.15. The molecule has 4 heteroatoms. The van der Waals surface area contributed by atoms with Gasteiger partial charge in [0.15, 0.2) is 0 Å². The van der Waals surface area contributed by atoms with Crippen molar-refractivity contribution < 1.29 is 9.47 Å². The number of ether oxygens (including phenoxy) is 2. The van der Waals surface area contributed by atoms with Crippen molar-refractivity contribution in [1.82, 2.24) is 0 Å². The molecule has 0 spiro atoms. The number of rotatable bonds is 4. The van der Waals surface area contributed by atoms with Crippen molar-refractivity contribution in [2.45, 2.75) is 6.04 Å². The lowest BCUT2D eigenvalue weighted by Gasteiger charge is -2.17. The van der Waals surface area contributed by atoms with Crippen LogP contribution in [0.3, 0.4) is 0 Å². The molecule has 2 aromatic carbocycles. The van der Waals surface area contributed by atoms with Crippen LogP contribution < -0.4 is 15.2 Å². The minimum Gasteiger partial charge on any atom is -0.497 e. The molecule has 2 N–H and O–H groups in total. The second-order valence-electron chi connectivity index (χ2n) is 4.14. The molecular formula is C15H16ClNO2. The van der Waals surface area contributed by atoms with E-state index in [9.17, 15) is 0 Å². The lowest BCUT2D eigenvalue weighted by atomic mass is 9.98. The van der Waals surface area contributed by atoms with Gasteiger partial charge >= 0.3 is 0 Å². The Morgan fingerprint density at radius 2 is 1.84 bits per heavy atom. The molecule has 0 amide bonds. The molecule has 0 radical (unpaired) electrons. The molecule has 3 nitrogen and oxygen atoms in total. The summed E-state index contributed by atoms with van der Waals surface area (Å²) >= 11 is 6.03. The van der Waals surface area contributed by atoms with E-state index in [1.54, 1.807) is 20.3 Å². The first-order valence-corrected chi connectivity index (χ1v) is 6.26. The highest BCUT2D eigenvalue weighted by molar-refractivity contribution is 6.30. The van der Waals surface area contributed by atoms with Crippen molar-refractivity contribution in [2.75, 3.05) is 14.2 Å². The zero-order chi connectivity index (χ0) is 13.8. The standard InChI is InChI=1S/C15H16ClNO2/c1-18-12-5-3-4-10(8-12)15(17)13-9-11(16)6-7-14(13)19-2/h3-9,15H,17H2,1-2H3. The summed E-state index contributed by atoms with van der Waals surface area (Å²) in [6.45, 7) is 0. The van der Waals surface area contributed by atoms with Gasteiger partial charge in [-0.25, -0.2) is 0 Å². The Morgan fingerprint density at radius 1 is 1.05 bits per heavy atom. The molecule has 0 bridgehead atoms. The number of hydrogen-bond acceptors (Lipinski definition) is 3. The van der Waals surface area contributed by atoms with Gasteiger partial charge in [-0.2, -0.15) is 0 Å². The lowest BCUT2D eigenvalue weighted by Crippen LogP contribution is -2.13. The van der Waals surface area contributed by atoms with E-state index < -0.39 is 0 Å². The van der Waals surface area contributed by atoms with Crippen molar-refractivity contribution in [3.8, 4) is 11.5 Å². The zero-order valence-corrected chi connectivity index (χ0v) is 11.6. The largest absolute Gasteiger partial charge is 0.497 e. The minimum absolute atomic E-state index is 0.316. The normalized spacial score (nSPS) is 12.0. The van der Waals surface area contributed by atoms with Crippen LogP contribution >= 0.6 is 11.6 Å². The van der Waals surface area contributed by atoms with Gasteiger partial charge in [0.05, 0.1) is 20.3 Å². The van der Waals surface area contributed by atoms with Crippen LogP contribution in [0.15, 0.2) is 42.5 Å². The highest BCUT2D eigenvalue weighted by atomic mass is 35.5. The van der Waals surface area contributed by atoms with E-state index in [1.807, 2.05) is 36.4 Å². The number of methoxy groups -OCH3 is 2. The third-order valence-electron chi connectivity index (χ3n) is 2.98. The Kier molecular flexibility index (Phi) is 4.30. The van der Waals surface area contributed by atoms with Crippen LogP contribution in [0.2, 0.25) is 5.02 Å². The summed E-state index contributed by atoms with van der Waals surface area (Å²) in [4.78, 5) is 0. The van der Waals surface area contributed by atoms with Crippen LogP contribution in [0, 0.1) is 0 Å². The summed E-state index contributed by atoms with van der Waals surface area (Å²) in [6.07, 6.45) is 0.